The zero-order valence-electron chi connectivity index (χ0n) is 12.3. The highest BCUT2D eigenvalue weighted by Gasteiger charge is 2.34. The Labute approximate surface area is 153 Å². The summed E-state index contributed by atoms with van der Waals surface area (Å²) >= 11 is 1.74. The molecule has 0 aliphatic rings. The van der Waals surface area contributed by atoms with Gasteiger partial charge in [-0.3, -0.25) is 14.9 Å². The number of non-ortho nitro benzene ring substituents is 1. The number of hydrogen-bond acceptors (Lipinski definition) is 4. The Balaban J connectivity index is 2.02. The number of nitrogens with one attached hydrogen (secondary N) is 1. The van der Waals surface area contributed by atoms with Crippen LogP contribution >= 0.6 is 22.6 Å². The van der Waals surface area contributed by atoms with Gasteiger partial charge in [-0.2, -0.15) is 13.2 Å². The zero-order chi connectivity index (χ0) is 18.6. The normalized spacial score (nSPS) is 11.0. The number of halogens is 4. The molecule has 132 valence electrons. The average molecular weight is 466 g/mol. The minimum absolute atomic E-state index is 0.148. The minimum Gasteiger partial charge on any atom is -0.484 e. The van der Waals surface area contributed by atoms with E-state index in [1.807, 2.05) is 0 Å². The molecule has 0 heterocycles. The molecule has 0 spiro atoms. The lowest BCUT2D eigenvalue weighted by Gasteiger charge is -2.14. The molecule has 0 bridgehead atoms. The fourth-order valence-electron chi connectivity index (χ4n) is 1.86. The first-order valence-corrected chi connectivity index (χ1v) is 7.78. The summed E-state index contributed by atoms with van der Waals surface area (Å²) in [5.74, 6) is -0.607. The van der Waals surface area contributed by atoms with Gasteiger partial charge in [-0.25, -0.2) is 0 Å². The van der Waals surface area contributed by atoms with Gasteiger partial charge < -0.3 is 10.1 Å². The molecule has 0 aliphatic heterocycles. The highest BCUT2D eigenvalue weighted by Crippen LogP contribution is 2.35. The maximum atomic E-state index is 13.0. The number of carbonyl (C=O) groups is 1. The molecule has 6 nitrogen and oxygen atoms in total. The number of nitro groups is 1. The Hall–Kier alpha value is -2.37. The first-order chi connectivity index (χ1) is 11.7. The molecule has 0 saturated heterocycles. The molecule has 0 aromatic heterocycles. The molecule has 0 unspecified atom stereocenters. The topological polar surface area (TPSA) is 81.5 Å². The van der Waals surface area contributed by atoms with Crippen molar-refractivity contribution in [2.45, 2.75) is 6.18 Å². The summed E-state index contributed by atoms with van der Waals surface area (Å²) in [6.45, 7) is -0.541. The van der Waals surface area contributed by atoms with E-state index in [-0.39, 0.29) is 17.1 Å². The van der Waals surface area contributed by atoms with Crippen LogP contribution in [0.1, 0.15) is 5.56 Å². The van der Waals surface area contributed by atoms with Crippen LogP contribution in [0.3, 0.4) is 0 Å². The number of amides is 1. The second kappa shape index (κ2) is 7.68. The molecule has 2 aromatic carbocycles. The van der Waals surface area contributed by atoms with Gasteiger partial charge in [0.1, 0.15) is 5.75 Å². The molecule has 1 amide bonds. The lowest BCUT2D eigenvalue weighted by molar-refractivity contribution is -0.384. The number of carbonyl (C=O) groups excluding carboxylic acids is 1. The molecule has 0 aliphatic carbocycles. The van der Waals surface area contributed by atoms with E-state index in [0.29, 0.717) is 3.57 Å². The van der Waals surface area contributed by atoms with Gasteiger partial charge in [0.25, 0.3) is 11.6 Å². The number of rotatable bonds is 5. The Morgan fingerprint density at radius 3 is 2.40 bits per heavy atom. The van der Waals surface area contributed by atoms with Crippen molar-refractivity contribution >= 4 is 39.9 Å². The number of alkyl halides is 3. The fourth-order valence-corrected chi connectivity index (χ4v) is 2.35. The van der Waals surface area contributed by atoms with Crippen LogP contribution in [0.2, 0.25) is 0 Å². The third kappa shape index (κ3) is 5.31. The lowest BCUT2D eigenvalue weighted by Crippen LogP contribution is -2.22. The van der Waals surface area contributed by atoms with Crippen LogP contribution in [0.5, 0.6) is 5.75 Å². The molecule has 0 atom stereocenters. The van der Waals surface area contributed by atoms with Gasteiger partial charge in [0.2, 0.25) is 0 Å². The Morgan fingerprint density at radius 1 is 1.20 bits per heavy atom. The fraction of sp³-hybridized carbons (Fsp3) is 0.133. The number of benzene rings is 2. The van der Waals surface area contributed by atoms with Crippen molar-refractivity contribution in [3.05, 3.63) is 61.7 Å². The number of nitrogens with zero attached hydrogens (tertiary/aromatic N) is 1. The molecule has 1 N–H and O–H groups in total. The van der Waals surface area contributed by atoms with E-state index in [1.165, 1.54) is 30.3 Å². The van der Waals surface area contributed by atoms with E-state index in [2.05, 4.69) is 5.32 Å². The largest absolute Gasteiger partial charge is 0.484 e. The van der Waals surface area contributed by atoms with Crippen molar-refractivity contribution < 1.29 is 27.6 Å². The second-order valence-electron chi connectivity index (χ2n) is 4.78. The third-order valence-corrected chi connectivity index (χ3v) is 3.65. The van der Waals surface area contributed by atoms with Crippen molar-refractivity contribution in [1.29, 1.82) is 0 Å². The van der Waals surface area contributed by atoms with Crippen molar-refractivity contribution in [2.24, 2.45) is 0 Å². The van der Waals surface area contributed by atoms with Crippen LogP contribution in [0, 0.1) is 13.7 Å². The lowest BCUT2D eigenvalue weighted by atomic mass is 10.1. The molecule has 25 heavy (non-hydrogen) atoms. The van der Waals surface area contributed by atoms with Gasteiger partial charge in [-0.05, 0) is 52.9 Å². The molecule has 0 fully saturated rings. The predicted molar refractivity (Wildman–Crippen MR) is 91.4 cm³/mol. The maximum Gasteiger partial charge on any atom is 0.418 e. The molecule has 2 rings (SSSR count). The number of anilines is 1. The van der Waals surface area contributed by atoms with Crippen LogP contribution in [0.4, 0.5) is 24.5 Å². The Kier molecular flexibility index (Phi) is 5.82. The van der Waals surface area contributed by atoms with Crippen LogP contribution < -0.4 is 10.1 Å². The van der Waals surface area contributed by atoms with E-state index in [9.17, 15) is 28.1 Å². The molecular formula is C15H10F3IN2O4. The highest BCUT2D eigenvalue weighted by molar-refractivity contribution is 14.1. The predicted octanol–water partition coefficient (Wildman–Crippen LogP) is 4.24. The van der Waals surface area contributed by atoms with Crippen LogP contribution in [-0.2, 0) is 11.0 Å². The van der Waals surface area contributed by atoms with Crippen molar-refractivity contribution in [3.8, 4) is 5.75 Å². The first kappa shape index (κ1) is 19.0. The van der Waals surface area contributed by atoms with Gasteiger partial charge in [0, 0.05) is 15.7 Å². The van der Waals surface area contributed by atoms with Crippen LogP contribution in [0.25, 0.3) is 0 Å². The van der Waals surface area contributed by atoms with Crippen LogP contribution in [0.15, 0.2) is 42.5 Å². The summed E-state index contributed by atoms with van der Waals surface area (Å²) in [4.78, 5) is 21.7. The smallest absolute Gasteiger partial charge is 0.418 e. The van der Waals surface area contributed by atoms with E-state index >= 15 is 0 Å². The summed E-state index contributed by atoms with van der Waals surface area (Å²) < 4.78 is 44.5. The standard InChI is InChI=1S/C15H10F3IN2O4/c16-15(17,18)12-7-9(19)1-6-13(12)20-14(22)8-25-11-4-2-10(3-5-11)21(23)24/h1-7H,8H2,(H,20,22). The van der Waals surface area contributed by atoms with Gasteiger partial charge >= 0.3 is 6.18 Å². The van der Waals surface area contributed by atoms with Gasteiger partial charge in [-0.15, -0.1) is 0 Å². The van der Waals surface area contributed by atoms with Crippen molar-refractivity contribution in [3.63, 3.8) is 0 Å². The maximum absolute atomic E-state index is 13.0. The summed E-state index contributed by atoms with van der Waals surface area (Å²) in [5, 5.41) is 12.7. The summed E-state index contributed by atoms with van der Waals surface area (Å²) in [7, 11) is 0. The minimum atomic E-state index is -4.61. The summed E-state index contributed by atoms with van der Waals surface area (Å²) in [5.41, 5.74) is -1.47. The van der Waals surface area contributed by atoms with E-state index in [4.69, 9.17) is 4.74 Å². The molecule has 0 radical (unpaired) electrons. The average Bonchev–Trinajstić information content (AvgIpc) is 2.54. The Morgan fingerprint density at radius 2 is 1.84 bits per heavy atom. The first-order valence-electron chi connectivity index (χ1n) is 6.70. The van der Waals surface area contributed by atoms with Crippen molar-refractivity contribution in [2.75, 3.05) is 11.9 Å². The molecular weight excluding hydrogens is 456 g/mol. The number of nitro benzene ring substituents is 1. The summed E-state index contributed by atoms with van der Waals surface area (Å²) in [6, 6.07) is 8.47. The number of hydrogen-bond donors (Lipinski definition) is 1. The van der Waals surface area contributed by atoms with Gasteiger partial charge in [0.15, 0.2) is 6.61 Å². The molecule has 10 heteroatoms. The highest BCUT2D eigenvalue weighted by atomic mass is 127. The molecule has 2 aromatic rings. The van der Waals surface area contributed by atoms with E-state index < -0.39 is 29.2 Å². The monoisotopic (exact) mass is 466 g/mol. The quantitative estimate of drug-likeness (QED) is 0.406. The zero-order valence-corrected chi connectivity index (χ0v) is 14.5. The van der Waals surface area contributed by atoms with Crippen molar-refractivity contribution in [1.82, 2.24) is 0 Å². The summed E-state index contributed by atoms with van der Waals surface area (Å²) in [6.07, 6.45) is -4.61. The Bertz CT molecular complexity index is 794. The third-order valence-electron chi connectivity index (χ3n) is 2.98. The van der Waals surface area contributed by atoms with Gasteiger partial charge in [-0.1, -0.05) is 0 Å². The SMILES string of the molecule is O=C(COc1ccc([N+](=O)[O-])cc1)Nc1ccc(I)cc1C(F)(F)F. The van der Waals surface area contributed by atoms with Crippen LogP contribution in [-0.4, -0.2) is 17.4 Å². The van der Waals surface area contributed by atoms with E-state index in [1.54, 1.807) is 22.6 Å². The van der Waals surface area contributed by atoms with E-state index in [0.717, 1.165) is 12.1 Å². The molecule has 0 saturated carbocycles. The second-order valence-corrected chi connectivity index (χ2v) is 6.02. The number of ether oxygens (including phenoxy) is 1. The van der Waals surface area contributed by atoms with Gasteiger partial charge in [0.05, 0.1) is 16.2 Å².